The number of hydrogen-bond donors (Lipinski definition) is 0. The average molecular weight is 218 g/mol. The fourth-order valence-electron chi connectivity index (χ4n) is 1.19. The van der Waals surface area contributed by atoms with Gasteiger partial charge in [-0.15, -0.1) is 0 Å². The number of esters is 1. The Morgan fingerprint density at radius 1 is 1.56 bits per heavy atom. The summed E-state index contributed by atoms with van der Waals surface area (Å²) in [5, 5.41) is 4.13. The maximum Gasteiger partial charge on any atom is 0.327 e. The second kappa shape index (κ2) is 4.52. The molecule has 82 valence electrons. The van der Waals surface area contributed by atoms with Gasteiger partial charge >= 0.3 is 5.97 Å². The highest BCUT2D eigenvalue weighted by molar-refractivity contribution is 5.68. The van der Waals surface area contributed by atoms with Gasteiger partial charge in [-0.1, -0.05) is 0 Å². The van der Waals surface area contributed by atoms with Crippen LogP contribution in [0.5, 0.6) is 0 Å². The van der Waals surface area contributed by atoms with E-state index in [1.165, 1.54) is 18.1 Å². The van der Waals surface area contributed by atoms with Crippen LogP contribution in [0.15, 0.2) is 30.9 Å². The largest absolute Gasteiger partial charge is 0.468 e. The lowest BCUT2D eigenvalue weighted by molar-refractivity contribution is -0.141. The number of hydrogen-bond acceptors (Lipinski definition) is 5. The number of rotatable bonds is 3. The topological polar surface area (TPSA) is 69.9 Å². The standard InChI is InChI=1S/C10H10N4O2/c1-16-9(15)6-14-7-12-10(13-14)8-3-2-4-11-5-8/h2-5,7H,6H2,1H3. The molecule has 0 aliphatic heterocycles. The van der Waals surface area contributed by atoms with E-state index < -0.39 is 0 Å². The smallest absolute Gasteiger partial charge is 0.327 e. The van der Waals surface area contributed by atoms with Crippen molar-refractivity contribution in [1.29, 1.82) is 0 Å². The average Bonchev–Trinajstić information content (AvgIpc) is 2.78. The van der Waals surface area contributed by atoms with Gasteiger partial charge in [0.05, 0.1) is 7.11 Å². The van der Waals surface area contributed by atoms with Crippen LogP contribution in [0.3, 0.4) is 0 Å². The van der Waals surface area contributed by atoms with Crippen molar-refractivity contribution in [2.45, 2.75) is 6.54 Å². The van der Waals surface area contributed by atoms with Gasteiger partial charge in [0.15, 0.2) is 5.82 Å². The van der Waals surface area contributed by atoms with E-state index in [1.54, 1.807) is 18.5 Å². The number of carbonyl (C=O) groups excluding carboxylic acids is 1. The van der Waals surface area contributed by atoms with E-state index >= 15 is 0 Å². The number of aromatic nitrogens is 4. The van der Waals surface area contributed by atoms with Crippen LogP contribution in [0.4, 0.5) is 0 Å². The van der Waals surface area contributed by atoms with Crippen molar-refractivity contribution in [1.82, 2.24) is 19.7 Å². The van der Waals surface area contributed by atoms with Crippen molar-refractivity contribution >= 4 is 5.97 Å². The van der Waals surface area contributed by atoms with Crippen molar-refractivity contribution in [3.63, 3.8) is 0 Å². The van der Waals surface area contributed by atoms with Gasteiger partial charge in [0, 0.05) is 18.0 Å². The van der Waals surface area contributed by atoms with Crippen LogP contribution in [-0.2, 0) is 16.1 Å². The Morgan fingerprint density at radius 3 is 3.12 bits per heavy atom. The van der Waals surface area contributed by atoms with E-state index in [4.69, 9.17) is 0 Å². The van der Waals surface area contributed by atoms with Crippen LogP contribution in [0.1, 0.15) is 0 Å². The molecule has 2 heterocycles. The van der Waals surface area contributed by atoms with Gasteiger partial charge in [-0.2, -0.15) is 5.10 Å². The number of nitrogens with zero attached hydrogens (tertiary/aromatic N) is 4. The molecule has 0 amide bonds. The number of methoxy groups -OCH3 is 1. The summed E-state index contributed by atoms with van der Waals surface area (Å²) >= 11 is 0. The maximum absolute atomic E-state index is 11.0. The highest BCUT2D eigenvalue weighted by Crippen LogP contribution is 2.11. The third-order valence-corrected chi connectivity index (χ3v) is 1.97. The number of carbonyl (C=O) groups is 1. The molecule has 0 bridgehead atoms. The minimum absolute atomic E-state index is 0.0593. The second-order valence-electron chi connectivity index (χ2n) is 3.08. The Morgan fingerprint density at radius 2 is 2.44 bits per heavy atom. The molecule has 0 spiro atoms. The maximum atomic E-state index is 11.0. The molecule has 2 aromatic rings. The molecule has 0 aliphatic carbocycles. The number of ether oxygens (including phenoxy) is 1. The van der Waals surface area contributed by atoms with Gasteiger partial charge < -0.3 is 4.74 Å². The monoisotopic (exact) mass is 218 g/mol. The summed E-state index contributed by atoms with van der Waals surface area (Å²) in [5.74, 6) is 0.180. The highest BCUT2D eigenvalue weighted by Gasteiger charge is 2.06. The predicted octanol–water partition coefficient (Wildman–Crippen LogP) is 0.513. The van der Waals surface area contributed by atoms with Crippen molar-refractivity contribution < 1.29 is 9.53 Å². The minimum Gasteiger partial charge on any atom is -0.468 e. The lowest BCUT2D eigenvalue weighted by Crippen LogP contribution is -2.11. The van der Waals surface area contributed by atoms with Crippen LogP contribution in [0, 0.1) is 0 Å². The first kappa shape index (κ1) is 10.3. The van der Waals surface area contributed by atoms with Crippen molar-refractivity contribution in [2.75, 3.05) is 7.11 Å². The molecule has 0 saturated heterocycles. The summed E-state index contributed by atoms with van der Waals surface area (Å²) in [6, 6.07) is 3.65. The summed E-state index contributed by atoms with van der Waals surface area (Å²) < 4.78 is 5.95. The zero-order chi connectivity index (χ0) is 11.4. The first-order chi connectivity index (χ1) is 7.79. The molecule has 16 heavy (non-hydrogen) atoms. The van der Waals surface area contributed by atoms with Crippen LogP contribution in [0.25, 0.3) is 11.4 Å². The molecule has 6 nitrogen and oxygen atoms in total. The van der Waals surface area contributed by atoms with Crippen LogP contribution < -0.4 is 0 Å². The fourth-order valence-corrected chi connectivity index (χ4v) is 1.19. The van der Waals surface area contributed by atoms with E-state index in [0.717, 1.165) is 5.56 Å². The first-order valence-electron chi connectivity index (χ1n) is 4.66. The second-order valence-corrected chi connectivity index (χ2v) is 3.08. The zero-order valence-corrected chi connectivity index (χ0v) is 8.70. The van der Waals surface area contributed by atoms with Crippen LogP contribution in [-0.4, -0.2) is 32.8 Å². The first-order valence-corrected chi connectivity index (χ1v) is 4.66. The summed E-state index contributed by atoms with van der Waals surface area (Å²) in [4.78, 5) is 19.0. The molecule has 0 atom stereocenters. The SMILES string of the molecule is COC(=O)Cn1cnc(-c2cccnc2)n1. The van der Waals surface area contributed by atoms with Gasteiger partial charge in [-0.3, -0.25) is 9.78 Å². The van der Waals surface area contributed by atoms with Crippen molar-refractivity contribution in [2.24, 2.45) is 0 Å². The normalized spacial score (nSPS) is 10.1. The molecule has 0 unspecified atom stereocenters. The van der Waals surface area contributed by atoms with E-state index in [0.29, 0.717) is 5.82 Å². The quantitative estimate of drug-likeness (QED) is 0.702. The van der Waals surface area contributed by atoms with E-state index in [1.807, 2.05) is 6.07 Å². The third kappa shape index (κ3) is 2.22. The Hall–Kier alpha value is -2.24. The summed E-state index contributed by atoms with van der Waals surface area (Å²) in [7, 11) is 1.33. The molecule has 0 aliphatic rings. The van der Waals surface area contributed by atoms with Gasteiger partial charge in [0.25, 0.3) is 0 Å². The Kier molecular flexibility index (Phi) is 2.90. The molecule has 2 rings (SSSR count). The molecule has 0 N–H and O–H groups in total. The minimum atomic E-state index is -0.359. The van der Waals surface area contributed by atoms with E-state index in [2.05, 4.69) is 19.8 Å². The lowest BCUT2D eigenvalue weighted by atomic mass is 10.3. The Balaban J connectivity index is 2.17. The molecule has 2 aromatic heterocycles. The molecule has 0 radical (unpaired) electrons. The Labute approximate surface area is 91.9 Å². The predicted molar refractivity (Wildman–Crippen MR) is 55.3 cm³/mol. The van der Waals surface area contributed by atoms with Crippen LogP contribution >= 0.6 is 0 Å². The lowest BCUT2D eigenvalue weighted by Gasteiger charge is -1.97. The molecule has 0 aromatic carbocycles. The Bertz CT molecular complexity index is 481. The zero-order valence-electron chi connectivity index (χ0n) is 8.70. The van der Waals surface area contributed by atoms with Crippen LogP contribution in [0.2, 0.25) is 0 Å². The number of pyridine rings is 1. The summed E-state index contributed by atoms with van der Waals surface area (Å²) in [6.07, 6.45) is 4.83. The summed E-state index contributed by atoms with van der Waals surface area (Å²) in [6.45, 7) is 0.0593. The van der Waals surface area contributed by atoms with Gasteiger partial charge in [0.2, 0.25) is 0 Å². The van der Waals surface area contributed by atoms with Gasteiger partial charge in [-0.25, -0.2) is 9.67 Å². The fraction of sp³-hybridized carbons (Fsp3) is 0.200. The molecule has 6 heteroatoms. The molecular weight excluding hydrogens is 208 g/mol. The molecule has 0 fully saturated rings. The summed E-state index contributed by atoms with van der Waals surface area (Å²) in [5.41, 5.74) is 0.811. The van der Waals surface area contributed by atoms with Crippen molar-refractivity contribution in [3.05, 3.63) is 30.9 Å². The van der Waals surface area contributed by atoms with Gasteiger partial charge in [-0.05, 0) is 12.1 Å². The highest BCUT2D eigenvalue weighted by atomic mass is 16.5. The molecule has 0 saturated carbocycles. The van der Waals surface area contributed by atoms with Crippen molar-refractivity contribution in [3.8, 4) is 11.4 Å². The van der Waals surface area contributed by atoms with E-state index in [-0.39, 0.29) is 12.5 Å². The van der Waals surface area contributed by atoms with E-state index in [9.17, 15) is 4.79 Å². The third-order valence-electron chi connectivity index (χ3n) is 1.97. The molecular formula is C10H10N4O2. The van der Waals surface area contributed by atoms with Gasteiger partial charge in [0.1, 0.15) is 12.9 Å².